The Hall–Kier alpha value is -1.55. The maximum atomic E-state index is 4.52. The second-order valence-electron chi connectivity index (χ2n) is 8.28. The molecule has 0 spiro atoms. The summed E-state index contributed by atoms with van der Waals surface area (Å²) >= 11 is 1.71. The zero-order valence-electron chi connectivity index (χ0n) is 19.2. The molecule has 0 bridgehead atoms. The number of hydrogen-bond acceptors (Lipinski definition) is 4. The maximum Gasteiger partial charge on any atom is 0.193 e. The lowest BCUT2D eigenvalue weighted by molar-refractivity contribution is 0.437. The minimum atomic E-state index is 0. The van der Waals surface area contributed by atoms with E-state index in [-0.39, 0.29) is 24.0 Å². The first kappa shape index (κ1) is 25.1. The summed E-state index contributed by atoms with van der Waals surface area (Å²) in [5.74, 6) is 2.13. The Morgan fingerprint density at radius 3 is 2.62 bits per heavy atom. The van der Waals surface area contributed by atoms with Crippen molar-refractivity contribution < 1.29 is 0 Å². The molecule has 1 aliphatic heterocycles. The van der Waals surface area contributed by atoms with E-state index >= 15 is 0 Å². The number of nitrogens with one attached hydrogen (secondary N) is 1. The van der Waals surface area contributed by atoms with Crippen molar-refractivity contribution in [3.63, 3.8) is 0 Å². The Bertz CT molecular complexity index is 904. The Morgan fingerprint density at radius 2 is 1.97 bits per heavy atom. The van der Waals surface area contributed by atoms with E-state index < -0.39 is 0 Å². The second kappa shape index (κ2) is 12.6. The normalized spacial score (nSPS) is 17.2. The zero-order valence-corrected chi connectivity index (χ0v) is 22.3. The molecule has 1 aliphatic carbocycles. The molecule has 1 saturated carbocycles. The van der Waals surface area contributed by atoms with Crippen molar-refractivity contribution in [1.29, 1.82) is 0 Å². The molecule has 174 valence electrons. The van der Waals surface area contributed by atoms with Crippen molar-refractivity contribution in [3.05, 3.63) is 47.8 Å². The van der Waals surface area contributed by atoms with Crippen LogP contribution >= 0.6 is 35.7 Å². The molecule has 0 unspecified atom stereocenters. The average molecular weight is 567 g/mol. The summed E-state index contributed by atoms with van der Waals surface area (Å²) in [7, 11) is 1.88. The maximum absolute atomic E-state index is 4.52. The number of benzene rings is 1. The minimum absolute atomic E-state index is 0. The predicted molar refractivity (Wildman–Crippen MR) is 145 cm³/mol. The van der Waals surface area contributed by atoms with Crippen LogP contribution in [0, 0.1) is 0 Å². The molecule has 2 aliphatic rings. The summed E-state index contributed by atoms with van der Waals surface area (Å²) < 4.78 is 2.41. The van der Waals surface area contributed by atoms with E-state index in [1.165, 1.54) is 36.8 Å². The Labute approximate surface area is 213 Å². The third kappa shape index (κ3) is 6.07. The van der Waals surface area contributed by atoms with Gasteiger partial charge in [-0.15, -0.1) is 34.2 Å². The topological polar surface area (TPSA) is 58.3 Å². The van der Waals surface area contributed by atoms with E-state index in [0.29, 0.717) is 6.04 Å². The van der Waals surface area contributed by atoms with Gasteiger partial charge in [-0.1, -0.05) is 61.0 Å². The van der Waals surface area contributed by atoms with Crippen LogP contribution in [0.1, 0.15) is 56.0 Å². The standard InChI is InChI=1S/C24H34N6S.HI/c1-25-23(29-17-14-20(15-18-29)19-9-4-3-5-10-19)26-16-8-13-22-27-28-24(31-2)30(22)21-11-6-7-12-21;/h3-5,9-10,14,21H,6-8,11-13,15-18H2,1-2H3,(H,25,26);1H. The first-order chi connectivity index (χ1) is 15.3. The molecule has 32 heavy (non-hydrogen) atoms. The van der Waals surface area contributed by atoms with Crippen LogP contribution in [0.25, 0.3) is 5.57 Å². The van der Waals surface area contributed by atoms with Crippen molar-refractivity contribution in [3.8, 4) is 0 Å². The molecular weight excluding hydrogens is 531 g/mol. The van der Waals surface area contributed by atoms with Gasteiger partial charge < -0.3 is 14.8 Å². The van der Waals surface area contributed by atoms with E-state index in [9.17, 15) is 0 Å². The number of nitrogens with zero attached hydrogens (tertiary/aromatic N) is 5. The second-order valence-corrected chi connectivity index (χ2v) is 9.05. The van der Waals surface area contributed by atoms with Gasteiger partial charge in [-0.25, -0.2) is 0 Å². The van der Waals surface area contributed by atoms with Crippen LogP contribution in [0.5, 0.6) is 0 Å². The molecule has 1 fully saturated rings. The number of guanidine groups is 1. The van der Waals surface area contributed by atoms with Crippen molar-refractivity contribution in [2.45, 2.75) is 56.1 Å². The highest BCUT2D eigenvalue weighted by Gasteiger charge is 2.23. The third-order valence-electron chi connectivity index (χ3n) is 6.33. The first-order valence-corrected chi connectivity index (χ1v) is 12.7. The fraction of sp³-hybridized carbons (Fsp3) is 0.542. The monoisotopic (exact) mass is 566 g/mol. The fourth-order valence-electron chi connectivity index (χ4n) is 4.70. The van der Waals surface area contributed by atoms with Crippen molar-refractivity contribution in [2.24, 2.45) is 4.99 Å². The molecule has 0 radical (unpaired) electrons. The zero-order chi connectivity index (χ0) is 21.5. The van der Waals surface area contributed by atoms with Crippen LogP contribution in [-0.2, 0) is 6.42 Å². The lowest BCUT2D eigenvalue weighted by Gasteiger charge is -2.29. The highest BCUT2D eigenvalue weighted by Crippen LogP contribution is 2.33. The van der Waals surface area contributed by atoms with Gasteiger partial charge in [0.15, 0.2) is 11.1 Å². The summed E-state index contributed by atoms with van der Waals surface area (Å²) in [4.78, 5) is 6.85. The quantitative estimate of drug-likeness (QED) is 0.168. The van der Waals surface area contributed by atoms with Gasteiger partial charge in [0.25, 0.3) is 0 Å². The van der Waals surface area contributed by atoms with E-state index in [2.05, 4.69) is 72.6 Å². The Balaban J connectivity index is 0.00000289. The van der Waals surface area contributed by atoms with Crippen molar-refractivity contribution >= 4 is 47.3 Å². The molecular formula is C24H35IN6S. The van der Waals surface area contributed by atoms with Crippen LogP contribution in [-0.4, -0.2) is 58.6 Å². The summed E-state index contributed by atoms with van der Waals surface area (Å²) in [5, 5.41) is 13.6. The van der Waals surface area contributed by atoms with E-state index in [1.807, 2.05) is 7.05 Å². The van der Waals surface area contributed by atoms with Gasteiger partial charge in [-0.2, -0.15) is 0 Å². The van der Waals surface area contributed by atoms with Gasteiger partial charge in [0, 0.05) is 39.1 Å². The number of hydrogen-bond donors (Lipinski definition) is 1. The minimum Gasteiger partial charge on any atom is -0.356 e. The van der Waals surface area contributed by atoms with Crippen LogP contribution in [0.3, 0.4) is 0 Å². The fourth-order valence-corrected chi connectivity index (χ4v) is 5.27. The van der Waals surface area contributed by atoms with Crippen molar-refractivity contribution in [2.75, 3.05) is 32.9 Å². The largest absolute Gasteiger partial charge is 0.356 e. The van der Waals surface area contributed by atoms with Gasteiger partial charge in [0.05, 0.1) is 0 Å². The molecule has 1 aromatic carbocycles. The molecule has 2 heterocycles. The molecule has 4 rings (SSSR count). The molecule has 0 amide bonds. The number of halogens is 1. The number of thioether (sulfide) groups is 1. The molecule has 0 atom stereocenters. The molecule has 1 aromatic heterocycles. The lowest BCUT2D eigenvalue weighted by Crippen LogP contribution is -2.43. The molecule has 0 saturated heterocycles. The van der Waals surface area contributed by atoms with Crippen LogP contribution in [0.15, 0.2) is 46.6 Å². The Morgan fingerprint density at radius 1 is 1.19 bits per heavy atom. The van der Waals surface area contributed by atoms with Gasteiger partial charge >= 0.3 is 0 Å². The Kier molecular flexibility index (Phi) is 9.90. The van der Waals surface area contributed by atoms with Crippen LogP contribution < -0.4 is 5.32 Å². The number of rotatable bonds is 7. The van der Waals surface area contributed by atoms with Crippen LogP contribution in [0.4, 0.5) is 0 Å². The van der Waals surface area contributed by atoms with Gasteiger partial charge in [0.2, 0.25) is 0 Å². The smallest absolute Gasteiger partial charge is 0.193 e. The number of aromatic nitrogens is 3. The lowest BCUT2D eigenvalue weighted by atomic mass is 10.00. The number of aliphatic imine (C=N–C) groups is 1. The van der Waals surface area contributed by atoms with Gasteiger partial charge in [0.1, 0.15) is 5.82 Å². The van der Waals surface area contributed by atoms with E-state index in [0.717, 1.165) is 55.8 Å². The molecule has 8 heteroatoms. The first-order valence-electron chi connectivity index (χ1n) is 11.5. The highest BCUT2D eigenvalue weighted by molar-refractivity contribution is 14.0. The van der Waals surface area contributed by atoms with Gasteiger partial charge in [-0.05, 0) is 43.1 Å². The van der Waals surface area contributed by atoms with E-state index in [4.69, 9.17) is 0 Å². The van der Waals surface area contributed by atoms with Crippen molar-refractivity contribution in [1.82, 2.24) is 25.0 Å². The van der Waals surface area contributed by atoms with Gasteiger partial charge in [-0.3, -0.25) is 4.99 Å². The number of aryl methyl sites for hydroxylation is 1. The van der Waals surface area contributed by atoms with E-state index in [1.54, 1.807) is 11.8 Å². The predicted octanol–water partition coefficient (Wildman–Crippen LogP) is 5.03. The molecule has 2 aromatic rings. The third-order valence-corrected chi connectivity index (χ3v) is 6.98. The summed E-state index contributed by atoms with van der Waals surface area (Å²) in [6.07, 6.45) is 12.6. The molecule has 1 N–H and O–H groups in total. The molecule has 6 nitrogen and oxygen atoms in total. The SMILES string of the molecule is CN=C(NCCCc1nnc(SC)n1C1CCCC1)N1CC=C(c2ccccc2)CC1.I. The summed E-state index contributed by atoms with van der Waals surface area (Å²) in [5.41, 5.74) is 2.77. The highest BCUT2D eigenvalue weighted by atomic mass is 127. The van der Waals surface area contributed by atoms with Crippen LogP contribution in [0.2, 0.25) is 0 Å². The average Bonchev–Trinajstić information content (AvgIpc) is 3.49. The summed E-state index contributed by atoms with van der Waals surface area (Å²) in [6.45, 7) is 2.79. The summed E-state index contributed by atoms with van der Waals surface area (Å²) in [6, 6.07) is 11.3.